The Balaban J connectivity index is 3.16. The molecule has 0 atom stereocenters. The zero-order valence-corrected chi connectivity index (χ0v) is 9.73. The molecule has 0 aliphatic carbocycles. The van der Waals surface area contributed by atoms with Crippen LogP contribution in [0.1, 0.15) is 0 Å². The zero-order chi connectivity index (χ0) is 12.3. The van der Waals surface area contributed by atoms with Crippen molar-refractivity contribution >= 4 is 25.6 Å². The molecule has 0 aliphatic heterocycles. The molecule has 0 N–H and O–H groups in total. The van der Waals surface area contributed by atoms with E-state index in [1.807, 2.05) is 0 Å². The van der Waals surface area contributed by atoms with Gasteiger partial charge in [-0.3, -0.25) is 0 Å². The first-order valence-electron chi connectivity index (χ1n) is 4.01. The van der Waals surface area contributed by atoms with Crippen LogP contribution >= 0.6 is 10.7 Å². The molecule has 10 heteroatoms. The molecule has 1 aromatic rings. The van der Waals surface area contributed by atoms with E-state index in [2.05, 4.69) is 5.10 Å². The fourth-order valence-corrected chi connectivity index (χ4v) is 1.90. The summed E-state index contributed by atoms with van der Waals surface area (Å²) in [6, 6.07) is 0. The van der Waals surface area contributed by atoms with Crippen LogP contribution in [-0.2, 0) is 20.3 Å². The molecular weight excluding hydrogens is 262 g/mol. The summed E-state index contributed by atoms with van der Waals surface area (Å²) < 4.78 is 27.9. The molecule has 8 nitrogen and oxygen atoms in total. The molecule has 0 aliphatic rings. The van der Waals surface area contributed by atoms with Crippen LogP contribution in [0.3, 0.4) is 0 Å². The summed E-state index contributed by atoms with van der Waals surface area (Å²) in [6.07, 6.45) is 0.999. The molecule has 1 aromatic heterocycles. The van der Waals surface area contributed by atoms with Crippen molar-refractivity contribution in [2.45, 2.75) is 11.4 Å². The SMILES string of the molecule is COCCn1cc(S(=O)(=O)Cl)c([N+](=O)[O-])n1. The number of ether oxygens (including phenoxy) is 1. The average molecular weight is 270 g/mol. The van der Waals surface area contributed by atoms with Gasteiger partial charge in [0.2, 0.25) is 4.90 Å². The van der Waals surface area contributed by atoms with E-state index in [9.17, 15) is 18.5 Å². The number of nitrogens with zero attached hydrogens (tertiary/aromatic N) is 3. The van der Waals surface area contributed by atoms with Crippen LogP contribution in [0, 0.1) is 10.1 Å². The number of methoxy groups -OCH3 is 1. The summed E-state index contributed by atoms with van der Waals surface area (Å²) in [6.45, 7) is 0.449. The van der Waals surface area contributed by atoms with E-state index in [1.165, 1.54) is 7.11 Å². The molecule has 0 fully saturated rings. The molecule has 0 bridgehead atoms. The third kappa shape index (κ3) is 2.90. The molecule has 0 unspecified atom stereocenters. The molecule has 0 radical (unpaired) electrons. The Hall–Kier alpha value is -1.19. The van der Waals surface area contributed by atoms with Gasteiger partial charge in [-0.15, -0.1) is 0 Å². The zero-order valence-electron chi connectivity index (χ0n) is 8.16. The van der Waals surface area contributed by atoms with E-state index in [1.54, 1.807) is 0 Å². The number of rotatable bonds is 5. The van der Waals surface area contributed by atoms with Gasteiger partial charge in [0.1, 0.15) is 0 Å². The quantitative estimate of drug-likeness (QED) is 0.434. The van der Waals surface area contributed by atoms with Crippen LogP contribution in [0.2, 0.25) is 0 Å². The molecule has 1 heterocycles. The van der Waals surface area contributed by atoms with Gasteiger partial charge in [-0.05, 0) is 4.92 Å². The van der Waals surface area contributed by atoms with Gasteiger partial charge in [0, 0.05) is 17.8 Å². The van der Waals surface area contributed by atoms with Gasteiger partial charge in [-0.2, -0.15) is 4.68 Å². The fourth-order valence-electron chi connectivity index (χ4n) is 0.991. The third-order valence-corrected chi connectivity index (χ3v) is 2.98. The number of hydrogen-bond acceptors (Lipinski definition) is 6. The normalized spacial score (nSPS) is 11.6. The summed E-state index contributed by atoms with van der Waals surface area (Å²) >= 11 is 0. The molecule has 0 spiro atoms. The first-order chi connectivity index (χ1) is 7.36. The molecule has 0 aromatic carbocycles. The lowest BCUT2D eigenvalue weighted by atomic mass is 10.6. The average Bonchev–Trinajstić information content (AvgIpc) is 2.58. The van der Waals surface area contributed by atoms with Crippen molar-refractivity contribution in [2.24, 2.45) is 0 Å². The van der Waals surface area contributed by atoms with Crippen molar-refractivity contribution in [3.63, 3.8) is 0 Å². The highest BCUT2D eigenvalue weighted by molar-refractivity contribution is 8.13. The molecule has 0 amide bonds. The Labute approximate surface area is 95.3 Å². The molecular formula is C6H8ClN3O5S. The van der Waals surface area contributed by atoms with E-state index < -0.39 is 24.7 Å². The second kappa shape index (κ2) is 4.76. The number of hydrogen-bond donors (Lipinski definition) is 0. The fraction of sp³-hybridized carbons (Fsp3) is 0.500. The largest absolute Gasteiger partial charge is 0.410 e. The second-order valence-electron chi connectivity index (χ2n) is 2.77. The minimum atomic E-state index is -4.18. The van der Waals surface area contributed by atoms with Crippen molar-refractivity contribution in [3.8, 4) is 0 Å². The standard InChI is InChI=1S/C6H8ClN3O5S/c1-15-3-2-9-4-5(16(7,13)14)6(8-9)10(11)12/h4H,2-3H2,1H3. The second-order valence-corrected chi connectivity index (χ2v) is 5.30. The van der Waals surface area contributed by atoms with Crippen molar-refractivity contribution in [1.82, 2.24) is 9.78 Å². The van der Waals surface area contributed by atoms with Gasteiger partial charge in [0.15, 0.2) is 0 Å². The summed E-state index contributed by atoms with van der Waals surface area (Å²) in [5, 5.41) is 14.0. The minimum Gasteiger partial charge on any atom is -0.383 e. The Morgan fingerprint density at radius 1 is 1.69 bits per heavy atom. The minimum absolute atomic E-state index is 0.198. The Morgan fingerprint density at radius 3 is 2.69 bits per heavy atom. The van der Waals surface area contributed by atoms with Gasteiger partial charge in [0.25, 0.3) is 9.05 Å². The van der Waals surface area contributed by atoms with Gasteiger partial charge in [-0.1, -0.05) is 0 Å². The van der Waals surface area contributed by atoms with Crippen LogP contribution in [0.5, 0.6) is 0 Å². The Morgan fingerprint density at radius 2 is 2.31 bits per heavy atom. The highest BCUT2D eigenvalue weighted by Crippen LogP contribution is 2.24. The third-order valence-electron chi connectivity index (χ3n) is 1.67. The summed E-state index contributed by atoms with van der Waals surface area (Å²) in [7, 11) is 2.30. The maximum atomic E-state index is 11.0. The van der Waals surface area contributed by atoms with Crippen molar-refractivity contribution in [2.75, 3.05) is 13.7 Å². The summed E-state index contributed by atoms with van der Waals surface area (Å²) in [4.78, 5) is 9.01. The lowest BCUT2D eigenvalue weighted by Gasteiger charge is -1.93. The molecule has 16 heavy (non-hydrogen) atoms. The number of nitro groups is 1. The first-order valence-corrected chi connectivity index (χ1v) is 6.32. The van der Waals surface area contributed by atoms with Crippen LogP contribution in [0.15, 0.2) is 11.1 Å². The molecule has 0 saturated heterocycles. The first kappa shape index (κ1) is 12.9. The molecule has 90 valence electrons. The number of aromatic nitrogens is 2. The summed E-state index contributed by atoms with van der Waals surface area (Å²) in [5.74, 6) is -0.786. The predicted molar refractivity (Wildman–Crippen MR) is 53.8 cm³/mol. The van der Waals surface area contributed by atoms with E-state index in [0.29, 0.717) is 0 Å². The Kier molecular flexibility index (Phi) is 3.83. The van der Waals surface area contributed by atoms with E-state index in [4.69, 9.17) is 15.4 Å². The van der Waals surface area contributed by atoms with Gasteiger partial charge >= 0.3 is 5.82 Å². The van der Waals surface area contributed by atoms with Gasteiger partial charge in [0.05, 0.1) is 24.4 Å². The van der Waals surface area contributed by atoms with Crippen molar-refractivity contribution in [1.29, 1.82) is 0 Å². The maximum absolute atomic E-state index is 11.0. The molecule has 0 saturated carbocycles. The van der Waals surface area contributed by atoms with Gasteiger partial charge < -0.3 is 14.9 Å². The smallest absolute Gasteiger partial charge is 0.383 e. The lowest BCUT2D eigenvalue weighted by molar-refractivity contribution is -0.392. The lowest BCUT2D eigenvalue weighted by Crippen LogP contribution is -2.04. The maximum Gasteiger partial charge on any atom is 0.410 e. The van der Waals surface area contributed by atoms with Crippen molar-refractivity contribution in [3.05, 3.63) is 16.3 Å². The van der Waals surface area contributed by atoms with Crippen molar-refractivity contribution < 1.29 is 18.1 Å². The highest BCUT2D eigenvalue weighted by Gasteiger charge is 2.29. The van der Waals surface area contributed by atoms with E-state index >= 15 is 0 Å². The monoisotopic (exact) mass is 269 g/mol. The highest BCUT2D eigenvalue weighted by atomic mass is 35.7. The van der Waals surface area contributed by atoms with E-state index in [0.717, 1.165) is 10.9 Å². The van der Waals surface area contributed by atoms with E-state index in [-0.39, 0.29) is 13.2 Å². The van der Waals surface area contributed by atoms with Crippen LogP contribution in [0.25, 0.3) is 0 Å². The molecule has 1 rings (SSSR count). The predicted octanol–water partition coefficient (Wildman–Crippen LogP) is 0.365. The summed E-state index contributed by atoms with van der Waals surface area (Å²) in [5.41, 5.74) is 0. The Bertz CT molecular complexity index is 496. The van der Waals surface area contributed by atoms with Crippen LogP contribution in [-0.4, -0.2) is 36.8 Å². The van der Waals surface area contributed by atoms with Crippen LogP contribution < -0.4 is 0 Å². The van der Waals surface area contributed by atoms with Gasteiger partial charge in [-0.25, -0.2) is 8.42 Å². The topological polar surface area (TPSA) is 104 Å². The van der Waals surface area contributed by atoms with Crippen LogP contribution in [0.4, 0.5) is 5.82 Å². The number of halogens is 1.